The van der Waals surface area contributed by atoms with Crippen molar-refractivity contribution in [2.45, 2.75) is 31.9 Å². The van der Waals surface area contributed by atoms with Crippen LogP contribution in [0.25, 0.3) is 0 Å². The maximum absolute atomic E-state index is 9.89. The number of aliphatic hydroxyl groups is 1. The fraction of sp³-hybridized carbons (Fsp3) is 0.500. The molecule has 1 unspecified atom stereocenters. The summed E-state index contributed by atoms with van der Waals surface area (Å²) in [6, 6.07) is 6.37. The Morgan fingerprint density at radius 1 is 1.53 bits per heavy atom. The number of nitrogens with one attached hydrogen (secondary N) is 1. The molecule has 0 radical (unpaired) electrons. The Kier molecular flexibility index (Phi) is 2.93. The molecular formula is C12H18N2O. The van der Waals surface area contributed by atoms with Gasteiger partial charge in [-0.1, -0.05) is 12.1 Å². The molecular weight excluding hydrogens is 188 g/mol. The quantitative estimate of drug-likeness (QED) is 0.652. The van der Waals surface area contributed by atoms with E-state index in [0.29, 0.717) is 12.6 Å². The summed E-state index contributed by atoms with van der Waals surface area (Å²) in [4.78, 5) is 0. The number of rotatable bonds is 4. The topological polar surface area (TPSA) is 58.3 Å². The molecule has 1 saturated carbocycles. The average molecular weight is 206 g/mol. The molecule has 1 aromatic rings. The summed E-state index contributed by atoms with van der Waals surface area (Å²) in [6.45, 7) is 2.58. The van der Waals surface area contributed by atoms with E-state index in [1.54, 1.807) is 0 Å². The number of hydrogen-bond acceptors (Lipinski definition) is 3. The van der Waals surface area contributed by atoms with Gasteiger partial charge in [-0.25, -0.2) is 0 Å². The van der Waals surface area contributed by atoms with E-state index in [1.165, 1.54) is 12.8 Å². The second kappa shape index (κ2) is 4.21. The number of aryl methyl sites for hydroxylation is 1. The molecule has 3 nitrogen and oxygen atoms in total. The SMILES string of the molecule is Cc1ccc(C(O)CNC2CC2)cc1N. The van der Waals surface area contributed by atoms with Crippen LogP contribution in [0.2, 0.25) is 0 Å². The van der Waals surface area contributed by atoms with Gasteiger partial charge in [0.05, 0.1) is 6.10 Å². The van der Waals surface area contributed by atoms with E-state index >= 15 is 0 Å². The number of aliphatic hydroxyl groups excluding tert-OH is 1. The van der Waals surface area contributed by atoms with Gasteiger partial charge >= 0.3 is 0 Å². The lowest BCUT2D eigenvalue weighted by molar-refractivity contribution is 0.174. The summed E-state index contributed by atoms with van der Waals surface area (Å²) in [7, 11) is 0. The first-order chi connectivity index (χ1) is 7.16. The highest BCUT2D eigenvalue weighted by Crippen LogP contribution is 2.22. The molecule has 0 heterocycles. The molecule has 0 amide bonds. The fourth-order valence-electron chi connectivity index (χ4n) is 1.55. The van der Waals surface area contributed by atoms with Crippen molar-refractivity contribution in [3.8, 4) is 0 Å². The molecule has 0 spiro atoms. The van der Waals surface area contributed by atoms with E-state index in [1.807, 2.05) is 25.1 Å². The Morgan fingerprint density at radius 3 is 2.87 bits per heavy atom. The van der Waals surface area contributed by atoms with E-state index in [-0.39, 0.29) is 0 Å². The standard InChI is InChI=1S/C12H18N2O/c1-8-2-3-9(6-11(8)13)12(15)7-14-10-4-5-10/h2-3,6,10,12,14-15H,4-5,7,13H2,1H3. The van der Waals surface area contributed by atoms with Gasteiger partial charge in [-0.05, 0) is 37.0 Å². The van der Waals surface area contributed by atoms with Gasteiger partial charge in [-0.3, -0.25) is 0 Å². The predicted octanol–water partition coefficient (Wildman–Crippen LogP) is 1.36. The summed E-state index contributed by atoms with van der Waals surface area (Å²) in [5.41, 5.74) is 8.49. The number of nitrogens with two attached hydrogens (primary N) is 1. The minimum atomic E-state index is -0.450. The van der Waals surface area contributed by atoms with Crippen LogP contribution in [0, 0.1) is 6.92 Å². The summed E-state index contributed by atoms with van der Waals surface area (Å²) in [5, 5.41) is 13.2. The van der Waals surface area contributed by atoms with Gasteiger partial charge in [0.15, 0.2) is 0 Å². The Balaban J connectivity index is 1.97. The van der Waals surface area contributed by atoms with Crippen LogP contribution in [0.5, 0.6) is 0 Å². The summed E-state index contributed by atoms with van der Waals surface area (Å²) < 4.78 is 0. The molecule has 1 aliphatic carbocycles. The third-order valence-electron chi connectivity index (χ3n) is 2.87. The van der Waals surface area contributed by atoms with E-state index in [0.717, 1.165) is 16.8 Å². The zero-order valence-corrected chi connectivity index (χ0v) is 9.03. The molecule has 1 atom stereocenters. The normalized spacial score (nSPS) is 17.7. The van der Waals surface area contributed by atoms with Crippen LogP contribution in [0.3, 0.4) is 0 Å². The van der Waals surface area contributed by atoms with Gasteiger partial charge in [0.1, 0.15) is 0 Å². The molecule has 0 saturated heterocycles. The molecule has 1 aromatic carbocycles. The van der Waals surface area contributed by atoms with Crippen molar-refractivity contribution >= 4 is 5.69 Å². The lowest BCUT2D eigenvalue weighted by atomic mass is 10.1. The first kappa shape index (κ1) is 10.5. The van der Waals surface area contributed by atoms with Crippen LogP contribution in [0.4, 0.5) is 5.69 Å². The van der Waals surface area contributed by atoms with Crippen molar-refractivity contribution in [2.24, 2.45) is 0 Å². The fourth-order valence-corrected chi connectivity index (χ4v) is 1.55. The van der Waals surface area contributed by atoms with E-state index in [2.05, 4.69) is 5.32 Å². The highest BCUT2D eigenvalue weighted by molar-refractivity contribution is 5.48. The number of benzene rings is 1. The van der Waals surface area contributed by atoms with Crippen molar-refractivity contribution in [1.29, 1.82) is 0 Å². The van der Waals surface area contributed by atoms with Crippen molar-refractivity contribution in [1.82, 2.24) is 5.32 Å². The van der Waals surface area contributed by atoms with Crippen LogP contribution in [0.15, 0.2) is 18.2 Å². The second-order valence-electron chi connectivity index (χ2n) is 4.31. The van der Waals surface area contributed by atoms with Crippen molar-refractivity contribution < 1.29 is 5.11 Å². The molecule has 0 aliphatic heterocycles. The predicted molar refractivity (Wildman–Crippen MR) is 61.6 cm³/mol. The zero-order valence-electron chi connectivity index (χ0n) is 9.03. The molecule has 82 valence electrons. The molecule has 4 N–H and O–H groups in total. The van der Waals surface area contributed by atoms with Crippen LogP contribution < -0.4 is 11.1 Å². The van der Waals surface area contributed by atoms with E-state index in [9.17, 15) is 5.11 Å². The lowest BCUT2D eigenvalue weighted by Gasteiger charge is -2.13. The van der Waals surface area contributed by atoms with Crippen molar-refractivity contribution in [2.75, 3.05) is 12.3 Å². The summed E-state index contributed by atoms with van der Waals surface area (Å²) in [5.74, 6) is 0. The molecule has 0 aromatic heterocycles. The zero-order chi connectivity index (χ0) is 10.8. The molecule has 3 heteroatoms. The average Bonchev–Trinajstić information content (AvgIpc) is 3.02. The largest absolute Gasteiger partial charge is 0.399 e. The van der Waals surface area contributed by atoms with Gasteiger partial charge in [0.25, 0.3) is 0 Å². The third kappa shape index (κ3) is 2.70. The number of nitrogen functional groups attached to an aromatic ring is 1. The first-order valence-electron chi connectivity index (χ1n) is 5.44. The molecule has 1 aliphatic rings. The van der Waals surface area contributed by atoms with Crippen LogP contribution in [0.1, 0.15) is 30.1 Å². The molecule has 2 rings (SSSR count). The molecule has 15 heavy (non-hydrogen) atoms. The van der Waals surface area contributed by atoms with Gasteiger partial charge in [0, 0.05) is 18.3 Å². The highest BCUT2D eigenvalue weighted by Gasteiger charge is 2.21. The monoisotopic (exact) mass is 206 g/mol. The van der Waals surface area contributed by atoms with Crippen LogP contribution in [-0.4, -0.2) is 17.7 Å². The smallest absolute Gasteiger partial charge is 0.0915 e. The number of anilines is 1. The van der Waals surface area contributed by atoms with Gasteiger partial charge < -0.3 is 16.2 Å². The highest BCUT2D eigenvalue weighted by atomic mass is 16.3. The second-order valence-corrected chi connectivity index (χ2v) is 4.31. The lowest BCUT2D eigenvalue weighted by Crippen LogP contribution is -2.23. The molecule has 0 bridgehead atoms. The van der Waals surface area contributed by atoms with E-state index < -0.39 is 6.10 Å². The number of hydrogen-bond donors (Lipinski definition) is 3. The Bertz CT molecular complexity index is 347. The molecule has 1 fully saturated rings. The van der Waals surface area contributed by atoms with Gasteiger partial charge in [-0.2, -0.15) is 0 Å². The minimum Gasteiger partial charge on any atom is -0.399 e. The minimum absolute atomic E-state index is 0.450. The maximum atomic E-state index is 9.89. The first-order valence-corrected chi connectivity index (χ1v) is 5.44. The maximum Gasteiger partial charge on any atom is 0.0915 e. The Hall–Kier alpha value is -1.06. The van der Waals surface area contributed by atoms with Gasteiger partial charge in [0.2, 0.25) is 0 Å². The van der Waals surface area contributed by atoms with Crippen LogP contribution >= 0.6 is 0 Å². The van der Waals surface area contributed by atoms with E-state index in [4.69, 9.17) is 5.73 Å². The van der Waals surface area contributed by atoms with Gasteiger partial charge in [-0.15, -0.1) is 0 Å². The Labute approximate surface area is 90.3 Å². The Morgan fingerprint density at radius 2 is 2.27 bits per heavy atom. The van der Waals surface area contributed by atoms with Crippen molar-refractivity contribution in [3.63, 3.8) is 0 Å². The van der Waals surface area contributed by atoms with Crippen LogP contribution in [-0.2, 0) is 0 Å². The third-order valence-corrected chi connectivity index (χ3v) is 2.87. The summed E-state index contributed by atoms with van der Waals surface area (Å²) in [6.07, 6.45) is 2.03. The summed E-state index contributed by atoms with van der Waals surface area (Å²) >= 11 is 0. The van der Waals surface area contributed by atoms with Crippen molar-refractivity contribution in [3.05, 3.63) is 29.3 Å².